The third-order valence-corrected chi connectivity index (χ3v) is 7.51. The van der Waals surface area contributed by atoms with Crippen LogP contribution in [0, 0.1) is 6.92 Å². The van der Waals surface area contributed by atoms with Gasteiger partial charge in [-0.25, -0.2) is 13.4 Å². The number of halogens is 1. The number of carbonyl (C=O) groups is 1. The highest BCUT2D eigenvalue weighted by Gasteiger charge is 2.16. The van der Waals surface area contributed by atoms with Gasteiger partial charge in [-0.2, -0.15) is 0 Å². The first-order valence-electron chi connectivity index (χ1n) is 10.7. The van der Waals surface area contributed by atoms with Crippen molar-refractivity contribution in [3.8, 4) is 17.0 Å². The Kier molecular flexibility index (Phi) is 7.39. The molecule has 2 N–H and O–H groups in total. The maximum Gasteiger partial charge on any atom is 0.261 e. The van der Waals surface area contributed by atoms with Crippen LogP contribution < -0.4 is 14.8 Å². The van der Waals surface area contributed by atoms with Crippen molar-refractivity contribution in [3.63, 3.8) is 0 Å². The lowest BCUT2D eigenvalue weighted by atomic mass is 10.1. The van der Waals surface area contributed by atoms with Gasteiger partial charge in [0.15, 0.2) is 5.13 Å². The Morgan fingerprint density at radius 3 is 2.29 bits per heavy atom. The fourth-order valence-corrected chi connectivity index (χ4v) is 5.30. The summed E-state index contributed by atoms with van der Waals surface area (Å²) in [6.07, 6.45) is 0. The van der Waals surface area contributed by atoms with Gasteiger partial charge in [0, 0.05) is 26.7 Å². The van der Waals surface area contributed by atoms with Crippen molar-refractivity contribution in [1.29, 1.82) is 0 Å². The molecule has 0 spiro atoms. The lowest BCUT2D eigenvalue weighted by Crippen LogP contribution is -2.14. The molecule has 0 atom stereocenters. The Hall–Kier alpha value is -3.40. The van der Waals surface area contributed by atoms with Crippen molar-refractivity contribution < 1.29 is 17.9 Å². The van der Waals surface area contributed by atoms with Crippen LogP contribution in [0.2, 0.25) is 5.02 Å². The summed E-state index contributed by atoms with van der Waals surface area (Å²) < 4.78 is 33.0. The zero-order valence-corrected chi connectivity index (χ0v) is 21.3. The summed E-state index contributed by atoms with van der Waals surface area (Å²) in [5.41, 5.74) is 2.43. The van der Waals surface area contributed by atoms with Gasteiger partial charge >= 0.3 is 0 Å². The van der Waals surface area contributed by atoms with Crippen LogP contribution in [0.25, 0.3) is 11.3 Å². The number of hydrogen-bond donors (Lipinski definition) is 2. The van der Waals surface area contributed by atoms with Gasteiger partial charge in [0.05, 0.1) is 17.2 Å². The Bertz CT molecular complexity index is 1430. The molecule has 7 nitrogen and oxygen atoms in total. The number of aryl methyl sites for hydroxylation is 1. The highest BCUT2D eigenvalue weighted by atomic mass is 35.5. The second-order valence-corrected chi connectivity index (χ2v) is 10.8. The summed E-state index contributed by atoms with van der Waals surface area (Å²) in [5, 5.41) is 3.73. The number of aromatic nitrogens is 1. The number of carbonyl (C=O) groups excluding carboxylic acids is 1. The van der Waals surface area contributed by atoms with Crippen LogP contribution >= 0.6 is 22.9 Å². The number of thiazole rings is 1. The molecule has 1 heterocycles. The second kappa shape index (κ2) is 10.5. The highest BCUT2D eigenvalue weighted by molar-refractivity contribution is 7.92. The number of sulfonamides is 1. The zero-order chi connectivity index (χ0) is 25.0. The summed E-state index contributed by atoms with van der Waals surface area (Å²) in [6, 6.07) is 19.6. The molecule has 10 heteroatoms. The van der Waals surface area contributed by atoms with Gasteiger partial charge in [-0.1, -0.05) is 11.6 Å². The van der Waals surface area contributed by atoms with Crippen LogP contribution in [0.15, 0.2) is 77.7 Å². The molecule has 0 saturated heterocycles. The van der Waals surface area contributed by atoms with Gasteiger partial charge in [-0.05, 0) is 86.6 Å². The normalized spacial score (nSPS) is 11.2. The van der Waals surface area contributed by atoms with Gasteiger partial charge < -0.3 is 4.74 Å². The van der Waals surface area contributed by atoms with Crippen molar-refractivity contribution in [1.82, 2.24) is 4.98 Å². The second-order valence-electron chi connectivity index (χ2n) is 7.47. The molecule has 1 amide bonds. The summed E-state index contributed by atoms with van der Waals surface area (Å²) in [4.78, 5) is 18.4. The zero-order valence-electron chi connectivity index (χ0n) is 18.9. The Morgan fingerprint density at radius 2 is 1.66 bits per heavy atom. The van der Waals surface area contributed by atoms with E-state index in [1.165, 1.54) is 47.7 Å². The molecule has 1 aromatic heterocycles. The molecule has 0 aliphatic carbocycles. The van der Waals surface area contributed by atoms with E-state index in [1.54, 1.807) is 12.1 Å². The largest absolute Gasteiger partial charge is 0.494 e. The third kappa shape index (κ3) is 6.00. The molecular formula is C25H22ClN3O4S2. The van der Waals surface area contributed by atoms with Crippen molar-refractivity contribution in [3.05, 3.63) is 88.3 Å². The van der Waals surface area contributed by atoms with Crippen LogP contribution in [-0.2, 0) is 10.0 Å². The first-order valence-corrected chi connectivity index (χ1v) is 13.3. The van der Waals surface area contributed by atoms with Gasteiger partial charge in [0.2, 0.25) is 0 Å². The molecule has 0 aliphatic rings. The Morgan fingerprint density at radius 1 is 1.00 bits per heavy atom. The molecule has 3 aromatic carbocycles. The van der Waals surface area contributed by atoms with E-state index in [0.717, 1.165) is 21.9 Å². The van der Waals surface area contributed by atoms with E-state index < -0.39 is 10.0 Å². The number of nitrogens with zero attached hydrogens (tertiary/aromatic N) is 1. The molecule has 0 radical (unpaired) electrons. The summed E-state index contributed by atoms with van der Waals surface area (Å²) in [7, 11) is -3.77. The van der Waals surface area contributed by atoms with E-state index >= 15 is 0 Å². The summed E-state index contributed by atoms with van der Waals surface area (Å²) >= 11 is 7.20. The van der Waals surface area contributed by atoms with E-state index in [2.05, 4.69) is 15.0 Å². The molecule has 0 unspecified atom stereocenters. The number of anilines is 2. The number of benzene rings is 3. The number of nitrogens with one attached hydrogen (secondary N) is 2. The smallest absolute Gasteiger partial charge is 0.261 e. The molecule has 0 bridgehead atoms. The predicted octanol–water partition coefficient (Wildman–Crippen LogP) is 6.22. The van der Waals surface area contributed by atoms with Gasteiger partial charge in [-0.3, -0.25) is 14.8 Å². The molecule has 4 rings (SSSR count). The first kappa shape index (κ1) is 24.7. The SMILES string of the molecule is CCOc1ccc(-c2nc(NC(=O)c3ccc(NS(=O)(=O)c4ccc(Cl)cc4)cc3)sc2C)cc1. The van der Waals surface area contributed by atoms with E-state index in [0.29, 0.717) is 28.0 Å². The van der Waals surface area contributed by atoms with Crippen molar-refractivity contribution in [2.75, 3.05) is 16.6 Å². The highest BCUT2D eigenvalue weighted by Crippen LogP contribution is 2.31. The molecule has 4 aromatic rings. The lowest BCUT2D eigenvalue weighted by molar-refractivity contribution is 0.102. The van der Waals surface area contributed by atoms with Gasteiger partial charge in [0.25, 0.3) is 15.9 Å². The van der Waals surface area contributed by atoms with Gasteiger partial charge in [-0.15, -0.1) is 11.3 Å². The van der Waals surface area contributed by atoms with Crippen LogP contribution in [0.1, 0.15) is 22.2 Å². The number of ether oxygens (including phenoxy) is 1. The van der Waals surface area contributed by atoms with E-state index in [1.807, 2.05) is 38.1 Å². The fourth-order valence-electron chi connectivity index (χ4n) is 3.28. The van der Waals surface area contributed by atoms with Crippen LogP contribution in [0.5, 0.6) is 5.75 Å². The number of hydrogen-bond acceptors (Lipinski definition) is 6. The molecule has 0 aliphatic heterocycles. The monoisotopic (exact) mass is 527 g/mol. The molecule has 180 valence electrons. The number of amides is 1. The van der Waals surface area contributed by atoms with Crippen molar-refractivity contribution in [2.24, 2.45) is 0 Å². The van der Waals surface area contributed by atoms with E-state index in [9.17, 15) is 13.2 Å². The molecule has 0 fully saturated rings. The van der Waals surface area contributed by atoms with E-state index in [-0.39, 0.29) is 10.8 Å². The van der Waals surface area contributed by atoms with Crippen molar-refractivity contribution in [2.45, 2.75) is 18.7 Å². The molecule has 35 heavy (non-hydrogen) atoms. The number of rotatable bonds is 8. The topological polar surface area (TPSA) is 97.4 Å². The average Bonchev–Trinajstić information content (AvgIpc) is 3.20. The van der Waals surface area contributed by atoms with Crippen LogP contribution in [0.3, 0.4) is 0 Å². The standard InChI is InChI=1S/C25H22ClN3O4S2/c1-3-33-21-12-6-17(7-13-21)23-16(2)34-25(27-23)28-24(30)18-4-10-20(11-5-18)29-35(31,32)22-14-8-19(26)9-15-22/h4-15,29H,3H2,1-2H3,(H,27,28,30). The quantitative estimate of drug-likeness (QED) is 0.283. The van der Waals surface area contributed by atoms with Crippen molar-refractivity contribution >= 4 is 49.7 Å². The minimum Gasteiger partial charge on any atom is -0.494 e. The Labute approximate surface area is 212 Å². The molecule has 0 saturated carbocycles. The van der Waals surface area contributed by atoms with Crippen LogP contribution in [-0.4, -0.2) is 25.9 Å². The van der Waals surface area contributed by atoms with Gasteiger partial charge in [0.1, 0.15) is 5.75 Å². The maximum atomic E-state index is 12.7. The fraction of sp³-hybridized carbons (Fsp3) is 0.120. The third-order valence-electron chi connectivity index (χ3n) is 4.98. The lowest BCUT2D eigenvalue weighted by Gasteiger charge is -2.09. The van der Waals surface area contributed by atoms with Crippen LogP contribution in [0.4, 0.5) is 10.8 Å². The summed E-state index contributed by atoms with van der Waals surface area (Å²) in [5.74, 6) is 0.445. The maximum absolute atomic E-state index is 12.7. The summed E-state index contributed by atoms with van der Waals surface area (Å²) in [6.45, 7) is 4.47. The van der Waals surface area contributed by atoms with E-state index in [4.69, 9.17) is 16.3 Å². The Balaban J connectivity index is 1.43. The minimum absolute atomic E-state index is 0.0891. The minimum atomic E-state index is -3.77. The first-order chi connectivity index (χ1) is 16.7. The predicted molar refractivity (Wildman–Crippen MR) is 140 cm³/mol. The average molecular weight is 528 g/mol. The molecular weight excluding hydrogens is 506 g/mol.